The van der Waals surface area contributed by atoms with Gasteiger partial charge >= 0.3 is 0 Å². The number of carbonyl (C=O) groups excluding carboxylic acids is 1. The van der Waals surface area contributed by atoms with Crippen molar-refractivity contribution in [2.45, 2.75) is 50.7 Å². The van der Waals surface area contributed by atoms with Gasteiger partial charge in [0.2, 0.25) is 5.91 Å². The largest absolute Gasteiger partial charge is 0.334 e. The van der Waals surface area contributed by atoms with E-state index >= 15 is 0 Å². The minimum atomic E-state index is 0. The molecule has 106 valence electrons. The first kappa shape index (κ1) is 14.8. The van der Waals surface area contributed by atoms with Crippen LogP contribution in [0.4, 0.5) is 0 Å². The van der Waals surface area contributed by atoms with Crippen molar-refractivity contribution in [3.05, 3.63) is 22.4 Å². The lowest BCUT2D eigenvalue weighted by Gasteiger charge is -2.25. The molecule has 0 aromatic carbocycles. The van der Waals surface area contributed by atoms with E-state index in [1.807, 2.05) is 0 Å². The van der Waals surface area contributed by atoms with Gasteiger partial charge in [-0.25, -0.2) is 0 Å². The third-order valence-electron chi connectivity index (χ3n) is 4.00. The Morgan fingerprint density at radius 3 is 2.68 bits per heavy atom. The number of nitrogens with two attached hydrogens (primary N) is 1. The summed E-state index contributed by atoms with van der Waals surface area (Å²) in [6.07, 6.45) is 5.22. The van der Waals surface area contributed by atoms with Gasteiger partial charge in [-0.15, -0.1) is 23.7 Å². The number of halogens is 1. The van der Waals surface area contributed by atoms with Crippen LogP contribution in [0.3, 0.4) is 0 Å². The summed E-state index contributed by atoms with van der Waals surface area (Å²) in [5, 5.41) is 2.08. The standard InChI is InChI=1S/C14H20N2OS.ClH/c15-11-4-3-10(8-11)14(17)16(12-5-6-12)9-13-2-1-7-18-13;/h1-2,7,10-12H,3-6,8-9,15H2;1H. The molecule has 3 nitrogen and oxygen atoms in total. The van der Waals surface area contributed by atoms with E-state index in [1.165, 1.54) is 17.7 Å². The normalized spacial score (nSPS) is 25.9. The van der Waals surface area contributed by atoms with Gasteiger partial charge in [-0.05, 0) is 43.6 Å². The van der Waals surface area contributed by atoms with E-state index in [9.17, 15) is 4.79 Å². The number of nitrogens with zero attached hydrogens (tertiary/aromatic N) is 1. The minimum Gasteiger partial charge on any atom is -0.334 e. The second kappa shape index (κ2) is 6.25. The fraction of sp³-hybridized carbons (Fsp3) is 0.643. The summed E-state index contributed by atoms with van der Waals surface area (Å²) in [6.45, 7) is 0.799. The van der Waals surface area contributed by atoms with Crippen LogP contribution in [0.25, 0.3) is 0 Å². The molecule has 19 heavy (non-hydrogen) atoms. The predicted octanol–water partition coefficient (Wildman–Crippen LogP) is 2.79. The van der Waals surface area contributed by atoms with Crippen molar-refractivity contribution in [2.24, 2.45) is 11.7 Å². The highest BCUT2D eigenvalue weighted by molar-refractivity contribution is 7.09. The highest BCUT2D eigenvalue weighted by atomic mass is 35.5. The Morgan fingerprint density at radius 1 is 1.37 bits per heavy atom. The van der Waals surface area contributed by atoms with Gasteiger partial charge in [-0.1, -0.05) is 6.07 Å². The molecule has 1 aromatic rings. The first-order valence-electron chi connectivity index (χ1n) is 6.82. The zero-order valence-corrected chi connectivity index (χ0v) is 12.6. The summed E-state index contributed by atoms with van der Waals surface area (Å²) in [6, 6.07) is 4.91. The molecule has 3 rings (SSSR count). The smallest absolute Gasteiger partial charge is 0.226 e. The zero-order chi connectivity index (χ0) is 12.5. The molecule has 0 bridgehead atoms. The molecule has 0 aliphatic heterocycles. The summed E-state index contributed by atoms with van der Waals surface area (Å²) in [7, 11) is 0. The molecule has 5 heteroatoms. The van der Waals surface area contributed by atoms with Gasteiger partial charge in [0, 0.05) is 22.9 Å². The number of amides is 1. The number of hydrogen-bond donors (Lipinski definition) is 1. The third-order valence-corrected chi connectivity index (χ3v) is 4.86. The van der Waals surface area contributed by atoms with Crippen LogP contribution in [0.2, 0.25) is 0 Å². The summed E-state index contributed by atoms with van der Waals surface area (Å²) >= 11 is 1.74. The first-order chi connectivity index (χ1) is 8.74. The van der Waals surface area contributed by atoms with Crippen LogP contribution < -0.4 is 5.73 Å². The third kappa shape index (κ3) is 3.50. The second-order valence-corrected chi connectivity index (χ2v) is 6.58. The van der Waals surface area contributed by atoms with Gasteiger partial charge in [0.05, 0.1) is 6.54 Å². The SMILES string of the molecule is Cl.NC1CCC(C(=O)N(Cc2cccs2)C2CC2)C1. The second-order valence-electron chi connectivity index (χ2n) is 5.55. The maximum atomic E-state index is 12.6. The molecule has 2 fully saturated rings. The molecule has 2 unspecified atom stereocenters. The van der Waals surface area contributed by atoms with Gasteiger partial charge in [0.15, 0.2) is 0 Å². The van der Waals surface area contributed by atoms with Crippen molar-refractivity contribution in [3.8, 4) is 0 Å². The number of hydrogen-bond acceptors (Lipinski definition) is 3. The lowest BCUT2D eigenvalue weighted by atomic mass is 10.1. The first-order valence-corrected chi connectivity index (χ1v) is 7.70. The van der Waals surface area contributed by atoms with Crippen LogP contribution in [0.1, 0.15) is 37.0 Å². The van der Waals surface area contributed by atoms with Crippen LogP contribution in [-0.4, -0.2) is 22.9 Å². The highest BCUT2D eigenvalue weighted by Crippen LogP contribution is 2.34. The fourth-order valence-electron chi connectivity index (χ4n) is 2.82. The van der Waals surface area contributed by atoms with Gasteiger partial charge in [-0.2, -0.15) is 0 Å². The van der Waals surface area contributed by atoms with E-state index < -0.39 is 0 Å². The average Bonchev–Trinajstić information content (AvgIpc) is 2.88. The highest BCUT2D eigenvalue weighted by Gasteiger charge is 2.38. The van der Waals surface area contributed by atoms with Crippen molar-refractivity contribution in [1.82, 2.24) is 4.90 Å². The number of rotatable bonds is 4. The van der Waals surface area contributed by atoms with Crippen molar-refractivity contribution < 1.29 is 4.79 Å². The van der Waals surface area contributed by atoms with E-state index in [0.29, 0.717) is 11.9 Å². The lowest BCUT2D eigenvalue weighted by molar-refractivity contribution is -0.136. The summed E-state index contributed by atoms with van der Waals surface area (Å²) in [5.41, 5.74) is 5.92. The molecule has 0 radical (unpaired) electrons. The topological polar surface area (TPSA) is 46.3 Å². The summed E-state index contributed by atoms with van der Waals surface area (Å²) in [5.74, 6) is 0.527. The minimum absolute atomic E-state index is 0. The molecule has 2 aliphatic rings. The maximum Gasteiger partial charge on any atom is 0.226 e. The van der Waals surface area contributed by atoms with Gasteiger partial charge in [0.25, 0.3) is 0 Å². The van der Waals surface area contributed by atoms with Crippen molar-refractivity contribution in [2.75, 3.05) is 0 Å². The molecule has 0 saturated heterocycles. The molecule has 2 saturated carbocycles. The molecule has 0 spiro atoms. The van der Waals surface area contributed by atoms with Gasteiger partial charge < -0.3 is 10.6 Å². The predicted molar refractivity (Wildman–Crippen MR) is 80.5 cm³/mol. The van der Waals surface area contributed by atoms with Gasteiger partial charge in [-0.3, -0.25) is 4.79 Å². The molecular formula is C14H21ClN2OS. The molecule has 2 N–H and O–H groups in total. The number of thiophene rings is 1. The average molecular weight is 301 g/mol. The number of carbonyl (C=O) groups is 1. The van der Waals surface area contributed by atoms with Crippen LogP contribution in [0.5, 0.6) is 0 Å². The van der Waals surface area contributed by atoms with Crippen LogP contribution in [-0.2, 0) is 11.3 Å². The van der Waals surface area contributed by atoms with E-state index in [2.05, 4.69) is 22.4 Å². The monoisotopic (exact) mass is 300 g/mol. The van der Waals surface area contributed by atoms with Crippen LogP contribution in [0, 0.1) is 5.92 Å². The van der Waals surface area contributed by atoms with Crippen LogP contribution >= 0.6 is 23.7 Å². The Labute approximate surface area is 124 Å². The molecule has 1 amide bonds. The fourth-order valence-corrected chi connectivity index (χ4v) is 3.52. The van der Waals surface area contributed by atoms with E-state index in [1.54, 1.807) is 11.3 Å². The van der Waals surface area contributed by atoms with Crippen molar-refractivity contribution in [1.29, 1.82) is 0 Å². The Balaban J connectivity index is 0.00000133. The molecule has 1 aromatic heterocycles. The van der Waals surface area contributed by atoms with E-state index in [0.717, 1.165) is 25.8 Å². The molecule has 1 heterocycles. The quantitative estimate of drug-likeness (QED) is 0.929. The van der Waals surface area contributed by atoms with Crippen molar-refractivity contribution in [3.63, 3.8) is 0 Å². The Hall–Kier alpha value is -0.580. The van der Waals surface area contributed by atoms with Gasteiger partial charge in [0.1, 0.15) is 0 Å². The van der Waals surface area contributed by atoms with E-state index in [-0.39, 0.29) is 24.4 Å². The Bertz CT molecular complexity index is 419. The lowest BCUT2D eigenvalue weighted by Crippen LogP contribution is -2.36. The van der Waals surface area contributed by atoms with Crippen LogP contribution in [0.15, 0.2) is 17.5 Å². The molecular weight excluding hydrogens is 280 g/mol. The molecule has 2 aliphatic carbocycles. The Morgan fingerprint density at radius 2 is 2.16 bits per heavy atom. The van der Waals surface area contributed by atoms with Crippen molar-refractivity contribution >= 4 is 29.7 Å². The maximum absolute atomic E-state index is 12.6. The summed E-state index contributed by atoms with van der Waals surface area (Å²) < 4.78 is 0. The Kier molecular flexibility index (Phi) is 4.87. The summed E-state index contributed by atoms with van der Waals surface area (Å²) in [4.78, 5) is 16.0. The molecule has 2 atom stereocenters. The zero-order valence-electron chi connectivity index (χ0n) is 11.0. The van der Waals surface area contributed by atoms with E-state index in [4.69, 9.17) is 5.73 Å².